The number of likely N-dealkylation sites (tertiary alicyclic amines) is 1. The van der Waals surface area contributed by atoms with Gasteiger partial charge in [-0.05, 0) is 30.5 Å². The lowest BCUT2D eigenvalue weighted by molar-refractivity contribution is -0.146. The van der Waals surface area contributed by atoms with Gasteiger partial charge in [0.05, 0.1) is 16.1 Å². The van der Waals surface area contributed by atoms with Gasteiger partial charge in [0.25, 0.3) is 0 Å². The molecule has 2 rings (SSSR count). The van der Waals surface area contributed by atoms with Gasteiger partial charge >= 0.3 is 11.8 Å². The van der Waals surface area contributed by atoms with Gasteiger partial charge in [0, 0.05) is 18.8 Å². The molecule has 1 aliphatic rings. The molecule has 5 nitrogen and oxygen atoms in total. The van der Waals surface area contributed by atoms with E-state index < -0.39 is 17.9 Å². The Hall–Kier alpha value is -1.30. The number of hydrogen-bond donors (Lipinski definition) is 2. The highest BCUT2D eigenvalue weighted by Gasteiger charge is 2.30. The van der Waals surface area contributed by atoms with Gasteiger partial charge in [-0.25, -0.2) is 0 Å². The van der Waals surface area contributed by atoms with Crippen molar-refractivity contribution in [3.63, 3.8) is 0 Å². The smallest absolute Gasteiger partial charge is 0.313 e. The summed E-state index contributed by atoms with van der Waals surface area (Å²) in [6.07, 6.45) is 0.0768. The van der Waals surface area contributed by atoms with Crippen molar-refractivity contribution in [3.8, 4) is 0 Å². The molecule has 0 aliphatic carbocycles. The quantitative estimate of drug-likeness (QED) is 0.775. The van der Waals surface area contributed by atoms with Gasteiger partial charge in [-0.3, -0.25) is 9.59 Å². The predicted octanol–water partition coefficient (Wildman–Crippen LogP) is 2.16. The second-order valence-corrected chi connectivity index (χ2v) is 5.98. The highest BCUT2D eigenvalue weighted by atomic mass is 35.5. The van der Waals surface area contributed by atoms with Gasteiger partial charge in [-0.15, -0.1) is 0 Å². The molecule has 1 fully saturated rings. The first-order valence-electron chi connectivity index (χ1n) is 6.62. The Balaban J connectivity index is 1.99. The third kappa shape index (κ3) is 3.87. The fraction of sp³-hybridized carbons (Fsp3) is 0.429. The summed E-state index contributed by atoms with van der Waals surface area (Å²) in [6.45, 7) is 2.56. The number of halogens is 2. The summed E-state index contributed by atoms with van der Waals surface area (Å²) in [7, 11) is 0. The largest absolute Gasteiger partial charge is 0.391 e. The van der Waals surface area contributed by atoms with E-state index in [1.54, 1.807) is 6.07 Å². The maximum atomic E-state index is 12.1. The highest BCUT2D eigenvalue weighted by Crippen LogP contribution is 2.25. The normalized spacial score (nSPS) is 22.0. The van der Waals surface area contributed by atoms with Crippen LogP contribution < -0.4 is 5.32 Å². The van der Waals surface area contributed by atoms with Crippen LogP contribution in [0.1, 0.15) is 13.3 Å². The van der Waals surface area contributed by atoms with E-state index in [-0.39, 0.29) is 12.5 Å². The second-order valence-electron chi connectivity index (χ2n) is 5.17. The van der Waals surface area contributed by atoms with Crippen LogP contribution in [0.15, 0.2) is 18.2 Å². The van der Waals surface area contributed by atoms with Crippen molar-refractivity contribution >= 4 is 40.7 Å². The summed E-state index contributed by atoms with van der Waals surface area (Å²) in [4.78, 5) is 25.3. The molecule has 0 saturated carbocycles. The number of benzene rings is 1. The Labute approximate surface area is 132 Å². The first-order valence-corrected chi connectivity index (χ1v) is 7.37. The molecular formula is C14H16Cl2N2O3. The molecule has 2 atom stereocenters. The number of nitrogens with one attached hydrogen (secondary N) is 1. The number of carbonyl (C=O) groups is 2. The van der Waals surface area contributed by atoms with Crippen LogP contribution in [0.5, 0.6) is 0 Å². The third-order valence-corrected chi connectivity index (χ3v) is 4.32. The second kappa shape index (κ2) is 6.64. The standard InChI is InChI=1S/C14H16Cl2N2O3/c1-8-4-5-18(7-12(8)19)14(21)13(20)17-9-2-3-10(15)11(16)6-9/h2-3,6,8,12,19H,4-5,7H2,1H3,(H,17,20). The molecule has 114 valence electrons. The van der Waals surface area contributed by atoms with Crippen molar-refractivity contribution in [2.24, 2.45) is 5.92 Å². The van der Waals surface area contributed by atoms with Crippen LogP contribution in [-0.2, 0) is 9.59 Å². The van der Waals surface area contributed by atoms with Gasteiger partial charge in [-0.1, -0.05) is 30.1 Å². The summed E-state index contributed by atoms with van der Waals surface area (Å²) >= 11 is 11.6. The number of anilines is 1. The molecule has 1 heterocycles. The van der Waals surface area contributed by atoms with E-state index in [9.17, 15) is 14.7 Å². The number of β-amino-alcohol motifs (C(OH)–C–C–N with tert-alkyl or cyclic N) is 1. The molecule has 1 saturated heterocycles. The Morgan fingerprint density at radius 2 is 2.05 bits per heavy atom. The van der Waals surface area contributed by atoms with Crippen LogP contribution in [0.2, 0.25) is 10.0 Å². The lowest BCUT2D eigenvalue weighted by Crippen LogP contribution is -2.49. The van der Waals surface area contributed by atoms with E-state index in [1.165, 1.54) is 17.0 Å². The van der Waals surface area contributed by atoms with Crippen molar-refractivity contribution < 1.29 is 14.7 Å². The number of nitrogens with zero attached hydrogens (tertiary/aromatic N) is 1. The number of aliphatic hydroxyl groups is 1. The predicted molar refractivity (Wildman–Crippen MR) is 81.5 cm³/mol. The molecule has 0 radical (unpaired) electrons. The van der Waals surface area contributed by atoms with Crippen LogP contribution in [0.3, 0.4) is 0 Å². The van der Waals surface area contributed by atoms with Crippen LogP contribution in [0.4, 0.5) is 5.69 Å². The van der Waals surface area contributed by atoms with Crippen molar-refractivity contribution in [1.82, 2.24) is 4.90 Å². The summed E-state index contributed by atoms with van der Waals surface area (Å²) in [5.41, 5.74) is 0.397. The number of aliphatic hydroxyl groups excluding tert-OH is 1. The number of hydrogen-bond acceptors (Lipinski definition) is 3. The average Bonchev–Trinajstić information content (AvgIpc) is 2.45. The molecular weight excluding hydrogens is 315 g/mol. The average molecular weight is 331 g/mol. The molecule has 2 unspecified atom stereocenters. The molecule has 1 aliphatic heterocycles. The van der Waals surface area contributed by atoms with Gasteiger partial charge in [0.15, 0.2) is 0 Å². The van der Waals surface area contributed by atoms with E-state index in [0.29, 0.717) is 28.7 Å². The first kappa shape index (κ1) is 16.1. The highest BCUT2D eigenvalue weighted by molar-refractivity contribution is 6.42. The lowest BCUT2D eigenvalue weighted by Gasteiger charge is -2.33. The zero-order chi connectivity index (χ0) is 15.6. The topological polar surface area (TPSA) is 69.6 Å². The number of amides is 2. The molecule has 2 N–H and O–H groups in total. The zero-order valence-corrected chi connectivity index (χ0v) is 13.0. The minimum atomic E-state index is -0.754. The molecule has 1 aromatic carbocycles. The summed E-state index contributed by atoms with van der Waals surface area (Å²) in [5, 5.41) is 12.9. The SMILES string of the molecule is CC1CCN(C(=O)C(=O)Nc2ccc(Cl)c(Cl)c2)CC1O. The fourth-order valence-corrected chi connectivity index (χ4v) is 2.43. The Morgan fingerprint density at radius 1 is 1.33 bits per heavy atom. The van der Waals surface area contributed by atoms with E-state index in [2.05, 4.69) is 5.32 Å². The summed E-state index contributed by atoms with van der Waals surface area (Å²) in [6, 6.07) is 4.57. The minimum absolute atomic E-state index is 0.132. The van der Waals surface area contributed by atoms with Crippen LogP contribution >= 0.6 is 23.2 Å². The minimum Gasteiger partial charge on any atom is -0.391 e. The molecule has 0 spiro atoms. The van der Waals surface area contributed by atoms with E-state index in [0.717, 1.165) is 0 Å². The molecule has 0 bridgehead atoms. The van der Waals surface area contributed by atoms with Crippen LogP contribution in [0.25, 0.3) is 0 Å². The summed E-state index contributed by atoms with van der Waals surface area (Å²) < 4.78 is 0. The Bertz CT molecular complexity index is 565. The lowest BCUT2D eigenvalue weighted by atomic mass is 9.96. The zero-order valence-electron chi connectivity index (χ0n) is 11.5. The van der Waals surface area contributed by atoms with Crippen LogP contribution in [0, 0.1) is 5.92 Å². The number of piperidine rings is 1. The fourth-order valence-electron chi connectivity index (χ4n) is 2.14. The van der Waals surface area contributed by atoms with Crippen molar-refractivity contribution in [3.05, 3.63) is 28.2 Å². The first-order chi connectivity index (χ1) is 9.88. The molecule has 1 aromatic rings. The molecule has 2 amide bonds. The van der Waals surface area contributed by atoms with Gasteiger partial charge in [-0.2, -0.15) is 0 Å². The molecule has 7 heteroatoms. The van der Waals surface area contributed by atoms with E-state index >= 15 is 0 Å². The molecule has 0 aromatic heterocycles. The number of carbonyl (C=O) groups excluding carboxylic acids is 2. The Kier molecular flexibility index (Phi) is 5.08. The van der Waals surface area contributed by atoms with Gasteiger partial charge < -0.3 is 15.3 Å². The number of rotatable bonds is 1. The maximum absolute atomic E-state index is 12.1. The monoisotopic (exact) mass is 330 g/mol. The Morgan fingerprint density at radius 3 is 2.67 bits per heavy atom. The summed E-state index contributed by atoms with van der Waals surface area (Å²) in [5.74, 6) is -1.28. The van der Waals surface area contributed by atoms with E-state index in [1.807, 2.05) is 6.92 Å². The maximum Gasteiger partial charge on any atom is 0.313 e. The van der Waals surface area contributed by atoms with Crippen LogP contribution in [-0.4, -0.2) is 41.0 Å². The van der Waals surface area contributed by atoms with Crippen molar-refractivity contribution in [2.45, 2.75) is 19.4 Å². The van der Waals surface area contributed by atoms with Gasteiger partial charge in [0.2, 0.25) is 0 Å². The van der Waals surface area contributed by atoms with Crippen molar-refractivity contribution in [1.29, 1.82) is 0 Å². The van der Waals surface area contributed by atoms with Gasteiger partial charge in [0.1, 0.15) is 0 Å². The third-order valence-electron chi connectivity index (χ3n) is 3.58. The van der Waals surface area contributed by atoms with E-state index in [4.69, 9.17) is 23.2 Å². The molecule has 21 heavy (non-hydrogen) atoms. The van der Waals surface area contributed by atoms with Crippen molar-refractivity contribution in [2.75, 3.05) is 18.4 Å².